The molecular weight excluding hydrogens is 220 g/mol. The molecule has 0 saturated heterocycles. The summed E-state index contributed by atoms with van der Waals surface area (Å²) in [7, 11) is 0. The molecule has 18 heavy (non-hydrogen) atoms. The molecule has 2 nitrogen and oxygen atoms in total. The first-order valence-electron chi connectivity index (χ1n) is 6.94. The van der Waals surface area contributed by atoms with Crippen molar-refractivity contribution in [3.8, 4) is 0 Å². The molecule has 2 aromatic rings. The highest BCUT2D eigenvalue weighted by atomic mass is 14.8. The lowest BCUT2D eigenvalue weighted by Gasteiger charge is -2.06. The van der Waals surface area contributed by atoms with Gasteiger partial charge >= 0.3 is 0 Å². The minimum Gasteiger partial charge on any atom is -0.317 e. The molecule has 0 aliphatic rings. The summed E-state index contributed by atoms with van der Waals surface area (Å²) in [4.78, 5) is 4.33. The van der Waals surface area contributed by atoms with Crippen molar-refractivity contribution in [2.45, 2.75) is 32.6 Å². The van der Waals surface area contributed by atoms with Gasteiger partial charge in [-0.05, 0) is 49.7 Å². The molecule has 0 saturated carbocycles. The summed E-state index contributed by atoms with van der Waals surface area (Å²) in [6.45, 7) is 4.47. The van der Waals surface area contributed by atoms with Crippen LogP contribution < -0.4 is 5.32 Å². The number of aryl methyl sites for hydroxylation is 1. The van der Waals surface area contributed by atoms with Gasteiger partial charge in [0, 0.05) is 17.8 Å². The Morgan fingerprint density at radius 3 is 2.83 bits per heavy atom. The maximum absolute atomic E-state index is 4.33. The van der Waals surface area contributed by atoms with E-state index in [1.807, 2.05) is 12.4 Å². The van der Waals surface area contributed by atoms with Crippen LogP contribution in [0.4, 0.5) is 0 Å². The van der Waals surface area contributed by atoms with Crippen LogP contribution in [0.15, 0.2) is 36.7 Å². The Kier molecular flexibility index (Phi) is 5.15. The largest absolute Gasteiger partial charge is 0.317 e. The molecule has 1 N–H and O–H groups in total. The van der Waals surface area contributed by atoms with E-state index in [-0.39, 0.29) is 0 Å². The second-order valence-electron chi connectivity index (χ2n) is 4.73. The van der Waals surface area contributed by atoms with Crippen molar-refractivity contribution in [2.24, 2.45) is 0 Å². The fourth-order valence-electron chi connectivity index (χ4n) is 2.25. The molecule has 0 radical (unpaired) electrons. The first kappa shape index (κ1) is 13.0. The predicted octanol–water partition coefficient (Wildman–Crippen LogP) is 3.56. The molecule has 0 bridgehead atoms. The fraction of sp³-hybridized carbons (Fsp3) is 0.438. The highest BCUT2D eigenvalue weighted by Gasteiger charge is 2.00. The highest BCUT2D eigenvalue weighted by molar-refractivity contribution is 5.84. The average Bonchev–Trinajstić information content (AvgIpc) is 2.43. The third kappa shape index (κ3) is 3.54. The molecule has 1 aromatic heterocycles. The number of nitrogens with one attached hydrogen (secondary N) is 1. The summed E-state index contributed by atoms with van der Waals surface area (Å²) in [5.41, 5.74) is 1.38. The van der Waals surface area contributed by atoms with Crippen molar-refractivity contribution in [1.29, 1.82) is 0 Å². The number of aromatic nitrogens is 1. The molecule has 0 aliphatic heterocycles. The Morgan fingerprint density at radius 1 is 1.06 bits per heavy atom. The molecule has 0 spiro atoms. The fourth-order valence-corrected chi connectivity index (χ4v) is 2.25. The van der Waals surface area contributed by atoms with Gasteiger partial charge in [0.1, 0.15) is 0 Å². The van der Waals surface area contributed by atoms with Gasteiger partial charge < -0.3 is 5.32 Å². The molecule has 0 fully saturated rings. The number of unbranched alkanes of at least 4 members (excludes halogenated alkanes) is 1. The lowest BCUT2D eigenvalue weighted by Crippen LogP contribution is -2.15. The van der Waals surface area contributed by atoms with E-state index in [2.05, 4.69) is 41.5 Å². The zero-order valence-electron chi connectivity index (χ0n) is 11.2. The Bertz CT molecular complexity index is 474. The minimum absolute atomic E-state index is 1.13. The van der Waals surface area contributed by atoms with Gasteiger partial charge in [-0.15, -0.1) is 0 Å². The number of nitrogens with zero attached hydrogens (tertiary/aromatic N) is 1. The normalized spacial score (nSPS) is 10.9. The summed E-state index contributed by atoms with van der Waals surface area (Å²) in [5.74, 6) is 0. The van der Waals surface area contributed by atoms with Crippen molar-refractivity contribution in [2.75, 3.05) is 13.1 Å². The Labute approximate surface area is 109 Å². The van der Waals surface area contributed by atoms with Crippen molar-refractivity contribution in [3.63, 3.8) is 0 Å². The zero-order chi connectivity index (χ0) is 12.6. The predicted molar refractivity (Wildman–Crippen MR) is 77.8 cm³/mol. The lowest BCUT2D eigenvalue weighted by molar-refractivity contribution is 0.617. The van der Waals surface area contributed by atoms with E-state index in [9.17, 15) is 0 Å². The van der Waals surface area contributed by atoms with E-state index < -0.39 is 0 Å². The van der Waals surface area contributed by atoms with Crippen LogP contribution in [0, 0.1) is 0 Å². The number of hydrogen-bond donors (Lipinski definition) is 1. The lowest BCUT2D eigenvalue weighted by atomic mass is 10.0. The molecule has 2 rings (SSSR count). The zero-order valence-corrected chi connectivity index (χ0v) is 11.2. The molecule has 0 unspecified atom stereocenters. The van der Waals surface area contributed by atoms with E-state index in [1.165, 1.54) is 35.6 Å². The van der Waals surface area contributed by atoms with Gasteiger partial charge in [0.2, 0.25) is 0 Å². The van der Waals surface area contributed by atoms with Crippen molar-refractivity contribution in [1.82, 2.24) is 10.3 Å². The summed E-state index contributed by atoms with van der Waals surface area (Å²) in [5, 5.41) is 6.05. The van der Waals surface area contributed by atoms with Crippen LogP contribution in [-0.2, 0) is 6.42 Å². The van der Waals surface area contributed by atoms with Gasteiger partial charge in [0.15, 0.2) is 0 Å². The van der Waals surface area contributed by atoms with Gasteiger partial charge in [0.25, 0.3) is 0 Å². The maximum Gasteiger partial charge on any atom is 0.0346 e. The van der Waals surface area contributed by atoms with Crippen LogP contribution in [0.25, 0.3) is 10.8 Å². The van der Waals surface area contributed by atoms with Crippen molar-refractivity contribution >= 4 is 10.8 Å². The summed E-state index contributed by atoms with van der Waals surface area (Å²) in [6, 6.07) is 8.51. The second kappa shape index (κ2) is 7.12. The molecule has 96 valence electrons. The Balaban J connectivity index is 1.88. The van der Waals surface area contributed by atoms with E-state index in [4.69, 9.17) is 0 Å². The Morgan fingerprint density at radius 2 is 1.94 bits per heavy atom. The molecule has 0 atom stereocenters. The van der Waals surface area contributed by atoms with Crippen LogP contribution >= 0.6 is 0 Å². The second-order valence-corrected chi connectivity index (χ2v) is 4.73. The molecule has 2 heteroatoms. The van der Waals surface area contributed by atoms with Gasteiger partial charge in [-0.25, -0.2) is 0 Å². The first-order chi connectivity index (χ1) is 8.92. The minimum atomic E-state index is 1.13. The summed E-state index contributed by atoms with van der Waals surface area (Å²) < 4.78 is 0. The third-order valence-electron chi connectivity index (χ3n) is 3.23. The number of pyridine rings is 1. The van der Waals surface area contributed by atoms with Gasteiger partial charge in [0.05, 0.1) is 0 Å². The van der Waals surface area contributed by atoms with Gasteiger partial charge in [-0.1, -0.05) is 31.2 Å². The van der Waals surface area contributed by atoms with Crippen LogP contribution in [-0.4, -0.2) is 18.1 Å². The van der Waals surface area contributed by atoms with Crippen LogP contribution in [0.3, 0.4) is 0 Å². The van der Waals surface area contributed by atoms with E-state index in [0.29, 0.717) is 0 Å². The van der Waals surface area contributed by atoms with Crippen molar-refractivity contribution in [3.05, 3.63) is 42.2 Å². The van der Waals surface area contributed by atoms with Crippen LogP contribution in [0.2, 0.25) is 0 Å². The van der Waals surface area contributed by atoms with Crippen LogP contribution in [0.1, 0.15) is 31.7 Å². The number of fused-ring (bicyclic) bond motifs is 1. The molecule has 1 aromatic carbocycles. The first-order valence-corrected chi connectivity index (χ1v) is 6.94. The third-order valence-corrected chi connectivity index (χ3v) is 3.23. The van der Waals surface area contributed by atoms with Crippen LogP contribution in [0.5, 0.6) is 0 Å². The molecule has 1 heterocycles. The van der Waals surface area contributed by atoms with Gasteiger partial charge in [-0.3, -0.25) is 4.98 Å². The standard InChI is InChI=1S/C16H22N2/c1-2-10-17-11-6-5-8-15-13-18-12-14-7-3-4-9-16(14)15/h3-4,7,9,12-13,17H,2,5-6,8,10-11H2,1H3. The number of rotatable bonds is 7. The number of benzene rings is 1. The summed E-state index contributed by atoms with van der Waals surface area (Å²) in [6.07, 6.45) is 8.77. The van der Waals surface area contributed by atoms with E-state index >= 15 is 0 Å². The molecule has 0 amide bonds. The molecular formula is C16H22N2. The highest BCUT2D eigenvalue weighted by Crippen LogP contribution is 2.18. The Hall–Kier alpha value is -1.41. The summed E-state index contributed by atoms with van der Waals surface area (Å²) >= 11 is 0. The SMILES string of the molecule is CCCNCCCCc1cncc2ccccc12. The maximum atomic E-state index is 4.33. The topological polar surface area (TPSA) is 24.9 Å². The molecule has 0 aliphatic carbocycles. The van der Waals surface area contributed by atoms with Gasteiger partial charge in [-0.2, -0.15) is 0 Å². The smallest absolute Gasteiger partial charge is 0.0346 e. The average molecular weight is 242 g/mol. The monoisotopic (exact) mass is 242 g/mol. The van der Waals surface area contributed by atoms with E-state index in [0.717, 1.165) is 19.5 Å². The van der Waals surface area contributed by atoms with E-state index in [1.54, 1.807) is 0 Å². The van der Waals surface area contributed by atoms with Crippen molar-refractivity contribution < 1.29 is 0 Å². The number of hydrogen-bond acceptors (Lipinski definition) is 2. The quantitative estimate of drug-likeness (QED) is 0.751.